The van der Waals surface area contributed by atoms with E-state index in [2.05, 4.69) is 12.2 Å². The third kappa shape index (κ3) is 3.56. The highest BCUT2D eigenvalue weighted by atomic mass is 16.2. The van der Waals surface area contributed by atoms with Crippen molar-refractivity contribution in [2.75, 3.05) is 13.1 Å². The first-order valence-corrected chi connectivity index (χ1v) is 7.69. The molecule has 4 nitrogen and oxygen atoms in total. The van der Waals surface area contributed by atoms with E-state index in [1.807, 2.05) is 6.92 Å². The zero-order valence-electron chi connectivity index (χ0n) is 12.2. The Bertz CT molecular complexity index is 335. The van der Waals surface area contributed by atoms with Gasteiger partial charge in [-0.05, 0) is 37.6 Å². The third-order valence-electron chi connectivity index (χ3n) is 4.48. The summed E-state index contributed by atoms with van der Waals surface area (Å²) in [5.74, 6) is 1.50. The molecule has 1 saturated heterocycles. The molecule has 19 heavy (non-hydrogen) atoms. The number of nitrogens with zero attached hydrogens (tertiary/aromatic N) is 1. The van der Waals surface area contributed by atoms with E-state index in [-0.39, 0.29) is 17.9 Å². The van der Waals surface area contributed by atoms with E-state index >= 15 is 0 Å². The molecule has 1 saturated carbocycles. The van der Waals surface area contributed by atoms with Crippen LogP contribution in [-0.2, 0) is 9.59 Å². The van der Waals surface area contributed by atoms with Gasteiger partial charge in [0.1, 0.15) is 0 Å². The minimum absolute atomic E-state index is 0.0124. The molecule has 1 unspecified atom stereocenters. The summed E-state index contributed by atoms with van der Waals surface area (Å²) in [6, 6.07) is -0.265. The molecule has 1 heterocycles. The summed E-state index contributed by atoms with van der Waals surface area (Å²) in [6.45, 7) is 5.75. The molecule has 0 aromatic heterocycles. The molecule has 0 aromatic rings. The van der Waals surface area contributed by atoms with Crippen molar-refractivity contribution in [3.8, 4) is 0 Å². The zero-order chi connectivity index (χ0) is 13.8. The van der Waals surface area contributed by atoms with Gasteiger partial charge in [0.2, 0.25) is 11.8 Å². The molecule has 1 aliphatic carbocycles. The Morgan fingerprint density at radius 1 is 1.21 bits per heavy atom. The van der Waals surface area contributed by atoms with Gasteiger partial charge in [0.05, 0.1) is 12.5 Å². The van der Waals surface area contributed by atoms with Crippen LogP contribution in [0.3, 0.4) is 0 Å². The number of carbonyl (C=O) groups excluding carboxylic acids is 2. The van der Waals surface area contributed by atoms with Gasteiger partial charge in [0, 0.05) is 6.54 Å². The Hall–Kier alpha value is -0.900. The van der Waals surface area contributed by atoms with Gasteiger partial charge < -0.3 is 5.32 Å². The van der Waals surface area contributed by atoms with E-state index in [0.717, 1.165) is 18.9 Å². The standard InChI is InChI=1S/C15H26N2O2/c1-3-8-17-14(18)9-13(15(17)19)16-10-12-6-4-11(2)5-7-12/h11-13,16H,3-10H2,1-2H3. The predicted molar refractivity (Wildman–Crippen MR) is 74.5 cm³/mol. The van der Waals surface area contributed by atoms with Crippen LogP contribution < -0.4 is 5.32 Å². The molecule has 108 valence electrons. The quantitative estimate of drug-likeness (QED) is 0.774. The summed E-state index contributed by atoms with van der Waals surface area (Å²) < 4.78 is 0. The Labute approximate surface area is 115 Å². The maximum atomic E-state index is 12.1. The van der Waals surface area contributed by atoms with Crippen LogP contribution in [0.5, 0.6) is 0 Å². The van der Waals surface area contributed by atoms with Crippen LogP contribution in [0.4, 0.5) is 0 Å². The van der Waals surface area contributed by atoms with Crippen molar-refractivity contribution in [2.24, 2.45) is 11.8 Å². The average molecular weight is 266 g/mol. The fraction of sp³-hybridized carbons (Fsp3) is 0.867. The van der Waals surface area contributed by atoms with Gasteiger partial charge in [-0.1, -0.05) is 26.7 Å². The summed E-state index contributed by atoms with van der Waals surface area (Å²) in [6.07, 6.45) is 6.29. The molecule has 0 radical (unpaired) electrons. The smallest absolute Gasteiger partial charge is 0.246 e. The number of nitrogens with one attached hydrogen (secondary N) is 1. The van der Waals surface area contributed by atoms with Crippen LogP contribution in [0.15, 0.2) is 0 Å². The van der Waals surface area contributed by atoms with Crippen LogP contribution in [0.2, 0.25) is 0 Å². The number of imide groups is 1. The largest absolute Gasteiger partial charge is 0.305 e. The average Bonchev–Trinajstić information content (AvgIpc) is 2.66. The molecule has 0 aromatic carbocycles. The molecule has 2 rings (SSSR count). The van der Waals surface area contributed by atoms with Crippen molar-refractivity contribution in [1.82, 2.24) is 10.2 Å². The maximum absolute atomic E-state index is 12.1. The van der Waals surface area contributed by atoms with Gasteiger partial charge in [-0.3, -0.25) is 14.5 Å². The number of hydrogen-bond acceptors (Lipinski definition) is 3. The monoisotopic (exact) mass is 266 g/mol. The van der Waals surface area contributed by atoms with Crippen LogP contribution in [-0.4, -0.2) is 35.8 Å². The Morgan fingerprint density at radius 2 is 1.89 bits per heavy atom. The van der Waals surface area contributed by atoms with E-state index in [1.54, 1.807) is 0 Å². The molecule has 1 atom stereocenters. The molecule has 0 spiro atoms. The topological polar surface area (TPSA) is 49.4 Å². The highest BCUT2D eigenvalue weighted by Crippen LogP contribution is 2.28. The van der Waals surface area contributed by atoms with Crippen LogP contribution >= 0.6 is 0 Å². The lowest BCUT2D eigenvalue weighted by molar-refractivity contribution is -0.138. The minimum Gasteiger partial charge on any atom is -0.305 e. The molecule has 0 bridgehead atoms. The van der Waals surface area contributed by atoms with Crippen molar-refractivity contribution in [3.05, 3.63) is 0 Å². The van der Waals surface area contributed by atoms with Crippen LogP contribution in [0.1, 0.15) is 52.4 Å². The predicted octanol–water partition coefficient (Wildman–Crippen LogP) is 1.94. The summed E-state index contributed by atoms with van der Waals surface area (Å²) >= 11 is 0. The fourth-order valence-corrected chi connectivity index (χ4v) is 3.14. The first kappa shape index (κ1) is 14.5. The normalized spacial score (nSPS) is 32.1. The van der Waals surface area contributed by atoms with Crippen molar-refractivity contribution < 1.29 is 9.59 Å². The number of carbonyl (C=O) groups is 2. The van der Waals surface area contributed by atoms with Crippen molar-refractivity contribution in [3.63, 3.8) is 0 Å². The van der Waals surface area contributed by atoms with Gasteiger partial charge in [0.25, 0.3) is 0 Å². The SMILES string of the molecule is CCCN1C(=O)CC(NCC2CCC(C)CC2)C1=O. The lowest BCUT2D eigenvalue weighted by atomic mass is 9.83. The van der Waals surface area contributed by atoms with E-state index in [9.17, 15) is 9.59 Å². The Morgan fingerprint density at radius 3 is 2.53 bits per heavy atom. The first-order valence-electron chi connectivity index (χ1n) is 7.69. The Kier molecular flexibility index (Phi) is 4.97. The van der Waals surface area contributed by atoms with E-state index in [0.29, 0.717) is 18.9 Å². The molecule has 2 amide bonds. The molecule has 1 aliphatic heterocycles. The number of amides is 2. The van der Waals surface area contributed by atoms with E-state index in [1.165, 1.54) is 30.6 Å². The summed E-state index contributed by atoms with van der Waals surface area (Å²) in [4.78, 5) is 25.2. The van der Waals surface area contributed by atoms with Gasteiger partial charge in [-0.15, -0.1) is 0 Å². The fourth-order valence-electron chi connectivity index (χ4n) is 3.14. The van der Waals surface area contributed by atoms with Gasteiger partial charge in [0.15, 0.2) is 0 Å². The van der Waals surface area contributed by atoms with Gasteiger partial charge in [-0.2, -0.15) is 0 Å². The van der Waals surface area contributed by atoms with Crippen molar-refractivity contribution in [1.29, 1.82) is 0 Å². The number of rotatable bonds is 5. The second-order valence-corrected chi connectivity index (χ2v) is 6.17. The third-order valence-corrected chi connectivity index (χ3v) is 4.48. The highest BCUT2D eigenvalue weighted by molar-refractivity contribution is 6.05. The molecular formula is C15H26N2O2. The van der Waals surface area contributed by atoms with Crippen LogP contribution in [0.25, 0.3) is 0 Å². The van der Waals surface area contributed by atoms with Gasteiger partial charge in [-0.25, -0.2) is 0 Å². The van der Waals surface area contributed by atoms with Gasteiger partial charge >= 0.3 is 0 Å². The minimum atomic E-state index is -0.265. The second-order valence-electron chi connectivity index (χ2n) is 6.17. The summed E-state index contributed by atoms with van der Waals surface area (Å²) in [7, 11) is 0. The first-order chi connectivity index (χ1) is 9.11. The molecular weight excluding hydrogens is 240 g/mol. The maximum Gasteiger partial charge on any atom is 0.246 e. The summed E-state index contributed by atoms with van der Waals surface area (Å²) in [5.41, 5.74) is 0. The highest BCUT2D eigenvalue weighted by Gasteiger charge is 2.37. The summed E-state index contributed by atoms with van der Waals surface area (Å²) in [5, 5.41) is 3.32. The lowest BCUT2D eigenvalue weighted by Gasteiger charge is -2.27. The van der Waals surface area contributed by atoms with Crippen LogP contribution in [0, 0.1) is 11.8 Å². The van der Waals surface area contributed by atoms with E-state index < -0.39 is 0 Å². The second kappa shape index (κ2) is 6.51. The Balaban J connectivity index is 1.77. The van der Waals surface area contributed by atoms with Crippen molar-refractivity contribution >= 4 is 11.8 Å². The van der Waals surface area contributed by atoms with Crippen molar-refractivity contribution in [2.45, 2.75) is 58.4 Å². The molecule has 4 heteroatoms. The molecule has 1 N–H and O–H groups in total. The van der Waals surface area contributed by atoms with E-state index in [4.69, 9.17) is 0 Å². The number of likely N-dealkylation sites (tertiary alicyclic amines) is 1. The zero-order valence-corrected chi connectivity index (χ0v) is 12.2. The number of hydrogen-bond donors (Lipinski definition) is 1. The molecule has 2 aliphatic rings. The lowest BCUT2D eigenvalue weighted by Crippen LogP contribution is -2.41. The molecule has 2 fully saturated rings.